The zero-order valence-corrected chi connectivity index (χ0v) is 17.0. The van der Waals surface area contributed by atoms with Crippen LogP contribution in [0.5, 0.6) is 0 Å². The van der Waals surface area contributed by atoms with Gasteiger partial charge in [0.2, 0.25) is 0 Å². The second-order valence-corrected chi connectivity index (χ2v) is 5.13. The van der Waals surface area contributed by atoms with Crippen LogP contribution >= 0.6 is 0 Å². The zero-order valence-electron chi connectivity index (χ0n) is 15.5. The first-order valence-electron chi connectivity index (χ1n) is 8.35. The van der Waals surface area contributed by atoms with Gasteiger partial charge in [-0.3, -0.25) is 0 Å². The number of rotatable bonds is 0. The van der Waals surface area contributed by atoms with Crippen LogP contribution in [-0.4, -0.2) is 0 Å². The summed E-state index contributed by atoms with van der Waals surface area (Å²) in [6.45, 7) is 7.44. The van der Waals surface area contributed by atoms with Gasteiger partial charge in [-0.2, -0.15) is 122 Å². The van der Waals surface area contributed by atoms with Gasteiger partial charge in [0.1, 0.15) is 0 Å². The van der Waals surface area contributed by atoms with Gasteiger partial charge in [-0.05, 0) is 0 Å². The van der Waals surface area contributed by atoms with Gasteiger partial charge in [0.25, 0.3) is 0 Å². The molecule has 0 N–H and O–H groups in total. The summed E-state index contributed by atoms with van der Waals surface area (Å²) >= 11 is 0. The quantitative estimate of drug-likeness (QED) is 0.234. The van der Waals surface area contributed by atoms with Crippen molar-refractivity contribution in [2.75, 3.05) is 0 Å². The van der Waals surface area contributed by atoms with Crippen molar-refractivity contribution in [3.63, 3.8) is 0 Å². The maximum absolute atomic E-state index is 3.72. The molecule has 4 rings (SSSR count). The summed E-state index contributed by atoms with van der Waals surface area (Å²) in [5, 5.41) is 0. The van der Waals surface area contributed by atoms with Gasteiger partial charge in [-0.15, -0.1) is 24.3 Å². The Balaban J connectivity index is 0.000000331. The molecule has 0 amide bonds. The largest absolute Gasteiger partial charge is 4.00 e. The summed E-state index contributed by atoms with van der Waals surface area (Å²) in [6.07, 6.45) is 0. The van der Waals surface area contributed by atoms with Crippen LogP contribution in [0.2, 0.25) is 0 Å². The minimum Gasteiger partial charge on any atom is -0.199 e. The second kappa shape index (κ2) is 18.1. The van der Waals surface area contributed by atoms with E-state index in [4.69, 9.17) is 0 Å². The third-order valence-corrected chi connectivity index (χ3v) is 2.90. The summed E-state index contributed by atoms with van der Waals surface area (Å²) < 4.78 is 0. The minimum absolute atomic E-state index is 0. The van der Waals surface area contributed by atoms with E-state index in [2.05, 4.69) is 26.0 Å². The van der Waals surface area contributed by atoms with Gasteiger partial charge in [-0.25, -0.2) is 0 Å². The van der Waals surface area contributed by atoms with Crippen molar-refractivity contribution in [3.8, 4) is 0 Å². The Hall–Kier alpha value is -2.67. The van der Waals surface area contributed by atoms with Crippen molar-refractivity contribution in [1.29, 1.82) is 0 Å². The molecule has 27 heavy (non-hydrogen) atoms. The average Bonchev–Trinajstić information content (AvgIpc) is 2.73. The molecule has 0 bridgehead atoms. The molecule has 0 heterocycles. The van der Waals surface area contributed by atoms with Gasteiger partial charge in [0, 0.05) is 0 Å². The first kappa shape index (κ1) is 24.3. The molecule has 0 nitrogen and oxygen atoms in total. The smallest absolute Gasteiger partial charge is 0.199 e. The Morgan fingerprint density at radius 3 is 0.778 bits per heavy atom. The summed E-state index contributed by atoms with van der Waals surface area (Å²) in [6, 6.07) is 44.7. The van der Waals surface area contributed by atoms with E-state index in [9.17, 15) is 0 Å². The predicted octanol–water partition coefficient (Wildman–Crippen LogP) is 6.71. The van der Waals surface area contributed by atoms with Crippen molar-refractivity contribution in [2.24, 2.45) is 0 Å². The standard InChI is InChI=1S/2C7H7.2C6H5.Ti/c2*1-7-5-3-2-4-6-7;2*1-2-4-6-5-3-1;/h2*2-6H,1H2;2*1-5H;/q4*-1;+4. The van der Waals surface area contributed by atoms with E-state index in [0.29, 0.717) is 0 Å². The van der Waals surface area contributed by atoms with Gasteiger partial charge in [0.15, 0.2) is 0 Å². The van der Waals surface area contributed by atoms with Crippen molar-refractivity contribution >= 4 is 0 Å². The fourth-order valence-corrected chi connectivity index (χ4v) is 1.64. The Morgan fingerprint density at radius 1 is 0.407 bits per heavy atom. The van der Waals surface area contributed by atoms with Crippen LogP contribution in [0.4, 0.5) is 0 Å². The Morgan fingerprint density at radius 2 is 0.667 bits per heavy atom. The Labute approximate surface area is 179 Å². The van der Waals surface area contributed by atoms with Crippen LogP contribution in [-0.2, 0) is 21.7 Å². The Bertz CT molecular complexity index is 616. The van der Waals surface area contributed by atoms with Crippen LogP contribution in [0, 0.1) is 26.0 Å². The normalized spacial score (nSPS) is 8.00. The molecule has 0 aliphatic rings. The van der Waals surface area contributed by atoms with Crippen molar-refractivity contribution in [3.05, 3.63) is 158 Å². The molecule has 0 aliphatic heterocycles. The molecule has 0 saturated heterocycles. The molecule has 0 atom stereocenters. The second-order valence-electron chi connectivity index (χ2n) is 5.13. The maximum atomic E-state index is 3.72. The van der Waals surface area contributed by atoms with E-state index in [0.717, 1.165) is 11.1 Å². The molecule has 0 saturated carbocycles. The van der Waals surface area contributed by atoms with E-state index in [1.807, 2.05) is 121 Å². The molecular weight excluding hydrogens is 360 g/mol. The van der Waals surface area contributed by atoms with Crippen molar-refractivity contribution in [2.45, 2.75) is 0 Å². The summed E-state index contributed by atoms with van der Waals surface area (Å²) in [5.41, 5.74) is 2.14. The van der Waals surface area contributed by atoms with E-state index in [1.165, 1.54) is 0 Å². The van der Waals surface area contributed by atoms with Crippen LogP contribution in [0.1, 0.15) is 11.1 Å². The molecule has 132 valence electrons. The van der Waals surface area contributed by atoms with Gasteiger partial charge in [-0.1, -0.05) is 12.1 Å². The van der Waals surface area contributed by atoms with Crippen molar-refractivity contribution < 1.29 is 21.7 Å². The SMILES string of the molecule is [CH2-]c1ccccc1.[CH2-]c1ccccc1.[Ti+4].[c-]1ccccc1.[c-]1ccccc1. The average molecular weight is 384 g/mol. The van der Waals surface area contributed by atoms with E-state index < -0.39 is 0 Å². The minimum atomic E-state index is 0. The fraction of sp³-hybridized carbons (Fsp3) is 0. The van der Waals surface area contributed by atoms with Gasteiger partial charge >= 0.3 is 21.7 Å². The van der Waals surface area contributed by atoms with Crippen LogP contribution in [0.15, 0.2) is 121 Å². The number of benzene rings is 4. The topological polar surface area (TPSA) is 0 Å². The molecule has 0 aliphatic carbocycles. The van der Waals surface area contributed by atoms with Crippen LogP contribution in [0.25, 0.3) is 0 Å². The fourth-order valence-electron chi connectivity index (χ4n) is 1.64. The van der Waals surface area contributed by atoms with E-state index in [-0.39, 0.29) is 21.7 Å². The molecule has 0 radical (unpaired) electrons. The van der Waals surface area contributed by atoms with Crippen LogP contribution < -0.4 is 0 Å². The molecule has 1 heteroatoms. The predicted molar refractivity (Wildman–Crippen MR) is 112 cm³/mol. The van der Waals surface area contributed by atoms with Gasteiger partial charge in [0.05, 0.1) is 0 Å². The third-order valence-electron chi connectivity index (χ3n) is 2.90. The molecule has 0 fully saturated rings. The van der Waals surface area contributed by atoms with E-state index >= 15 is 0 Å². The van der Waals surface area contributed by atoms with E-state index in [1.54, 1.807) is 0 Å². The monoisotopic (exact) mass is 384 g/mol. The third kappa shape index (κ3) is 16.5. The first-order chi connectivity index (χ1) is 12.8. The molecule has 0 unspecified atom stereocenters. The zero-order chi connectivity index (χ0) is 18.7. The van der Waals surface area contributed by atoms with Crippen molar-refractivity contribution in [1.82, 2.24) is 0 Å². The molecule has 4 aromatic rings. The molecule has 0 aromatic heterocycles. The first-order valence-corrected chi connectivity index (χ1v) is 8.35. The molecule has 0 spiro atoms. The number of hydrogen-bond acceptors (Lipinski definition) is 0. The maximum Gasteiger partial charge on any atom is 4.00 e. The molecule has 4 aromatic carbocycles. The van der Waals surface area contributed by atoms with Gasteiger partial charge < -0.3 is 0 Å². The molecular formula is C26H24Ti. The summed E-state index contributed by atoms with van der Waals surface area (Å²) in [7, 11) is 0. The summed E-state index contributed by atoms with van der Waals surface area (Å²) in [5.74, 6) is 0. The number of hydrogen-bond donors (Lipinski definition) is 0. The van der Waals surface area contributed by atoms with Crippen LogP contribution in [0.3, 0.4) is 0 Å². The summed E-state index contributed by atoms with van der Waals surface area (Å²) in [4.78, 5) is 0. The Kier molecular flexibility index (Phi) is 16.3.